The van der Waals surface area contributed by atoms with Gasteiger partial charge in [-0.05, 0) is 51.7 Å². The molecule has 0 aromatic carbocycles. The highest BCUT2D eigenvalue weighted by Crippen LogP contribution is 2.34. The fraction of sp³-hybridized carbons (Fsp3) is 0.875. The maximum absolute atomic E-state index is 12.9. The molecule has 4 nitrogen and oxygen atoms in total. The smallest absolute Gasteiger partial charge is 0.248 e. The Morgan fingerprint density at radius 3 is 2.33 bits per heavy atom. The second-order valence-electron chi connectivity index (χ2n) is 6.48. The summed E-state index contributed by atoms with van der Waals surface area (Å²) in [7, 11) is 0. The van der Waals surface area contributed by atoms with Crippen molar-refractivity contribution >= 4 is 23.6 Å². The SMILES string of the molecule is CCC1C(=O)NC(C)(CC)C(=O)N1C1CCC(SC)CC1. The van der Waals surface area contributed by atoms with Gasteiger partial charge in [0, 0.05) is 11.3 Å². The normalized spacial score (nSPS) is 37.5. The van der Waals surface area contributed by atoms with Gasteiger partial charge in [0.15, 0.2) is 0 Å². The molecule has 0 radical (unpaired) electrons. The van der Waals surface area contributed by atoms with Gasteiger partial charge in [-0.3, -0.25) is 9.59 Å². The van der Waals surface area contributed by atoms with Crippen molar-refractivity contribution in [2.45, 2.75) is 82.2 Å². The number of carbonyl (C=O) groups is 2. The van der Waals surface area contributed by atoms with E-state index in [9.17, 15) is 9.59 Å². The Morgan fingerprint density at radius 2 is 1.86 bits per heavy atom. The molecule has 0 aromatic heterocycles. The first kappa shape index (κ1) is 16.7. The van der Waals surface area contributed by atoms with E-state index in [1.165, 1.54) is 0 Å². The molecule has 5 heteroatoms. The second kappa shape index (κ2) is 6.59. The molecular weight excluding hydrogens is 284 g/mol. The number of amides is 2. The summed E-state index contributed by atoms with van der Waals surface area (Å²) in [6, 6.07) is -0.0456. The van der Waals surface area contributed by atoms with Crippen LogP contribution >= 0.6 is 11.8 Å². The van der Waals surface area contributed by atoms with E-state index < -0.39 is 5.54 Å². The fourth-order valence-corrected chi connectivity index (χ4v) is 4.31. The average molecular weight is 312 g/mol. The molecule has 1 aliphatic carbocycles. The molecule has 120 valence electrons. The van der Waals surface area contributed by atoms with Crippen LogP contribution in [0.15, 0.2) is 0 Å². The van der Waals surface area contributed by atoms with Crippen LogP contribution in [0.1, 0.15) is 59.3 Å². The van der Waals surface area contributed by atoms with Crippen LogP contribution in [-0.4, -0.2) is 45.8 Å². The van der Waals surface area contributed by atoms with E-state index in [0.29, 0.717) is 18.1 Å². The molecule has 2 amide bonds. The summed E-state index contributed by atoms with van der Waals surface area (Å²) in [6.45, 7) is 5.82. The Morgan fingerprint density at radius 1 is 1.24 bits per heavy atom. The highest BCUT2D eigenvalue weighted by atomic mass is 32.2. The monoisotopic (exact) mass is 312 g/mol. The predicted octanol–water partition coefficient (Wildman–Crippen LogP) is 2.57. The van der Waals surface area contributed by atoms with Gasteiger partial charge in [0.05, 0.1) is 0 Å². The lowest BCUT2D eigenvalue weighted by Crippen LogP contribution is -2.71. The van der Waals surface area contributed by atoms with Gasteiger partial charge >= 0.3 is 0 Å². The quantitative estimate of drug-likeness (QED) is 0.868. The van der Waals surface area contributed by atoms with Crippen molar-refractivity contribution in [2.24, 2.45) is 0 Å². The second-order valence-corrected chi connectivity index (χ2v) is 7.62. The molecule has 0 aromatic rings. The van der Waals surface area contributed by atoms with Gasteiger partial charge < -0.3 is 10.2 Å². The summed E-state index contributed by atoms with van der Waals surface area (Å²) in [5, 5.41) is 3.66. The minimum atomic E-state index is -0.723. The molecule has 0 bridgehead atoms. The van der Waals surface area contributed by atoms with E-state index >= 15 is 0 Å². The van der Waals surface area contributed by atoms with Gasteiger partial charge in [-0.15, -0.1) is 0 Å². The predicted molar refractivity (Wildman–Crippen MR) is 87.3 cm³/mol. The van der Waals surface area contributed by atoms with E-state index in [2.05, 4.69) is 11.6 Å². The molecule has 2 atom stereocenters. The van der Waals surface area contributed by atoms with Crippen molar-refractivity contribution in [3.8, 4) is 0 Å². The lowest BCUT2D eigenvalue weighted by molar-refractivity contribution is -0.158. The molecule has 1 heterocycles. The highest BCUT2D eigenvalue weighted by molar-refractivity contribution is 7.99. The Hall–Kier alpha value is -0.710. The number of carbonyl (C=O) groups excluding carboxylic acids is 2. The van der Waals surface area contributed by atoms with E-state index in [4.69, 9.17) is 0 Å². The first-order valence-corrected chi connectivity index (χ1v) is 9.43. The highest BCUT2D eigenvalue weighted by Gasteiger charge is 2.48. The van der Waals surface area contributed by atoms with Crippen LogP contribution in [0.3, 0.4) is 0 Å². The lowest BCUT2D eigenvalue weighted by Gasteiger charge is -2.48. The number of hydrogen-bond donors (Lipinski definition) is 1. The number of hydrogen-bond acceptors (Lipinski definition) is 3. The number of piperazine rings is 1. The van der Waals surface area contributed by atoms with Crippen LogP contribution < -0.4 is 5.32 Å². The molecule has 0 spiro atoms. The number of rotatable bonds is 4. The molecule has 2 rings (SSSR count). The van der Waals surface area contributed by atoms with Crippen molar-refractivity contribution in [1.82, 2.24) is 10.2 Å². The van der Waals surface area contributed by atoms with Crippen LogP contribution in [0.2, 0.25) is 0 Å². The summed E-state index contributed by atoms with van der Waals surface area (Å²) < 4.78 is 0. The molecule has 1 N–H and O–H groups in total. The average Bonchev–Trinajstić information content (AvgIpc) is 2.50. The summed E-state index contributed by atoms with van der Waals surface area (Å²) in [5.41, 5.74) is -0.723. The van der Waals surface area contributed by atoms with Crippen LogP contribution in [0, 0.1) is 0 Å². The zero-order valence-electron chi connectivity index (χ0n) is 13.6. The van der Waals surface area contributed by atoms with E-state index in [-0.39, 0.29) is 23.9 Å². The van der Waals surface area contributed by atoms with Gasteiger partial charge in [0.25, 0.3) is 0 Å². The molecule has 2 fully saturated rings. The van der Waals surface area contributed by atoms with Crippen molar-refractivity contribution in [1.29, 1.82) is 0 Å². The Labute approximate surface area is 132 Å². The Bertz CT molecular complexity index is 407. The van der Waals surface area contributed by atoms with Gasteiger partial charge in [0.2, 0.25) is 11.8 Å². The minimum absolute atomic E-state index is 0.0217. The first-order valence-electron chi connectivity index (χ1n) is 8.14. The Kier molecular flexibility index (Phi) is 5.23. The standard InChI is InChI=1S/C16H28N2O2S/c1-5-13-14(19)17-16(3,6-2)15(20)18(13)11-7-9-12(21-4)10-8-11/h11-13H,5-10H2,1-4H3,(H,17,19). The third-order valence-corrected chi connectivity index (χ3v) is 6.35. The molecule has 2 unspecified atom stereocenters. The topological polar surface area (TPSA) is 49.4 Å². The van der Waals surface area contributed by atoms with Gasteiger partial charge in [-0.25, -0.2) is 0 Å². The minimum Gasteiger partial charge on any atom is -0.340 e. The molecule has 2 aliphatic rings. The van der Waals surface area contributed by atoms with Crippen molar-refractivity contribution in [3.63, 3.8) is 0 Å². The molecule has 1 saturated heterocycles. The zero-order chi connectivity index (χ0) is 15.6. The number of nitrogens with one attached hydrogen (secondary N) is 1. The third-order valence-electron chi connectivity index (χ3n) is 5.21. The van der Waals surface area contributed by atoms with E-state index in [1.54, 1.807) is 0 Å². The summed E-state index contributed by atoms with van der Waals surface area (Å²) in [4.78, 5) is 27.3. The number of thioether (sulfide) groups is 1. The van der Waals surface area contributed by atoms with E-state index in [1.807, 2.05) is 37.4 Å². The Balaban J connectivity index is 2.20. The van der Waals surface area contributed by atoms with Crippen LogP contribution in [-0.2, 0) is 9.59 Å². The van der Waals surface area contributed by atoms with Crippen LogP contribution in [0.25, 0.3) is 0 Å². The fourth-order valence-electron chi connectivity index (χ4n) is 3.56. The third kappa shape index (κ3) is 3.08. The molecule has 1 aliphatic heterocycles. The van der Waals surface area contributed by atoms with Gasteiger partial charge in [-0.2, -0.15) is 11.8 Å². The summed E-state index contributed by atoms with van der Waals surface area (Å²) >= 11 is 1.92. The van der Waals surface area contributed by atoms with Crippen molar-refractivity contribution in [3.05, 3.63) is 0 Å². The van der Waals surface area contributed by atoms with Crippen molar-refractivity contribution < 1.29 is 9.59 Å². The van der Waals surface area contributed by atoms with Crippen LogP contribution in [0.4, 0.5) is 0 Å². The van der Waals surface area contributed by atoms with Crippen LogP contribution in [0.5, 0.6) is 0 Å². The summed E-state index contributed by atoms with van der Waals surface area (Å²) in [5.74, 6) is 0.137. The lowest BCUT2D eigenvalue weighted by atomic mass is 9.86. The van der Waals surface area contributed by atoms with Gasteiger partial charge in [0.1, 0.15) is 11.6 Å². The molecule has 21 heavy (non-hydrogen) atoms. The molecule has 1 saturated carbocycles. The zero-order valence-corrected chi connectivity index (χ0v) is 14.5. The largest absolute Gasteiger partial charge is 0.340 e. The summed E-state index contributed by atoms with van der Waals surface area (Å²) in [6.07, 6.45) is 7.85. The maximum Gasteiger partial charge on any atom is 0.248 e. The number of nitrogens with zero attached hydrogens (tertiary/aromatic N) is 1. The first-order chi connectivity index (χ1) is 9.96. The maximum atomic E-state index is 12.9. The van der Waals surface area contributed by atoms with Crippen molar-refractivity contribution in [2.75, 3.05) is 6.26 Å². The van der Waals surface area contributed by atoms with Gasteiger partial charge in [-0.1, -0.05) is 13.8 Å². The molecular formula is C16H28N2O2S. The van der Waals surface area contributed by atoms with E-state index in [0.717, 1.165) is 25.7 Å².